The second-order valence-electron chi connectivity index (χ2n) is 4.58. The number of likely N-dealkylation sites (tertiary alicyclic amines) is 1. The molecule has 1 aromatic rings. The molecule has 4 heteroatoms. The van der Waals surface area contributed by atoms with Gasteiger partial charge in [0.15, 0.2) is 0 Å². The maximum Gasteiger partial charge on any atom is 0.0950 e. The van der Waals surface area contributed by atoms with Gasteiger partial charge >= 0.3 is 0 Å². The Hall–Kier alpha value is -0.870. The lowest BCUT2D eigenvalue weighted by molar-refractivity contribution is 0.191. The minimum absolute atomic E-state index is 0.462. The van der Waals surface area contributed by atoms with Crippen molar-refractivity contribution in [3.05, 3.63) is 18.0 Å². The van der Waals surface area contributed by atoms with Gasteiger partial charge in [-0.2, -0.15) is 5.10 Å². The second-order valence-corrected chi connectivity index (χ2v) is 4.58. The predicted molar refractivity (Wildman–Crippen MR) is 63.2 cm³/mol. The van der Waals surface area contributed by atoms with Crippen LogP contribution < -0.4 is 0 Å². The van der Waals surface area contributed by atoms with Crippen molar-refractivity contribution >= 4 is 0 Å². The van der Waals surface area contributed by atoms with Gasteiger partial charge in [-0.1, -0.05) is 6.42 Å². The molecule has 1 saturated heterocycles. The van der Waals surface area contributed by atoms with Crippen LogP contribution in [0.25, 0.3) is 0 Å². The zero-order chi connectivity index (χ0) is 11.4. The summed E-state index contributed by atoms with van der Waals surface area (Å²) in [4.78, 5) is 2.49. The molecule has 90 valence electrons. The molecule has 0 amide bonds. The van der Waals surface area contributed by atoms with Crippen molar-refractivity contribution in [3.8, 4) is 0 Å². The van der Waals surface area contributed by atoms with E-state index in [4.69, 9.17) is 0 Å². The number of rotatable bonds is 4. The van der Waals surface area contributed by atoms with Crippen LogP contribution in [-0.2, 0) is 6.54 Å². The van der Waals surface area contributed by atoms with Gasteiger partial charge in [0.1, 0.15) is 0 Å². The monoisotopic (exact) mass is 223 g/mol. The van der Waals surface area contributed by atoms with Gasteiger partial charge in [0.2, 0.25) is 0 Å². The SMILES string of the molecule is C[C@H](O)c1ccn(CCN2CCCCC2)n1. The van der Waals surface area contributed by atoms with Gasteiger partial charge in [0.25, 0.3) is 0 Å². The highest BCUT2D eigenvalue weighted by atomic mass is 16.3. The maximum atomic E-state index is 9.37. The number of aromatic nitrogens is 2. The van der Waals surface area contributed by atoms with Crippen molar-refractivity contribution < 1.29 is 5.11 Å². The van der Waals surface area contributed by atoms with Crippen LogP contribution in [0, 0.1) is 0 Å². The number of aliphatic hydroxyl groups excluding tert-OH is 1. The first-order valence-corrected chi connectivity index (χ1v) is 6.19. The average Bonchev–Trinajstić information content (AvgIpc) is 2.76. The molecule has 16 heavy (non-hydrogen) atoms. The van der Waals surface area contributed by atoms with E-state index in [9.17, 15) is 5.11 Å². The minimum Gasteiger partial charge on any atom is -0.387 e. The number of aliphatic hydroxyl groups is 1. The van der Waals surface area contributed by atoms with E-state index in [1.54, 1.807) is 6.92 Å². The Morgan fingerprint density at radius 1 is 1.31 bits per heavy atom. The molecule has 4 nitrogen and oxygen atoms in total. The fraction of sp³-hybridized carbons (Fsp3) is 0.750. The highest BCUT2D eigenvalue weighted by Gasteiger charge is 2.10. The molecule has 0 bridgehead atoms. The summed E-state index contributed by atoms with van der Waals surface area (Å²) in [5, 5.41) is 13.7. The Morgan fingerprint density at radius 3 is 2.69 bits per heavy atom. The van der Waals surface area contributed by atoms with E-state index >= 15 is 0 Å². The summed E-state index contributed by atoms with van der Waals surface area (Å²) in [6, 6.07) is 1.89. The number of hydrogen-bond acceptors (Lipinski definition) is 3. The van der Waals surface area contributed by atoms with Crippen LogP contribution in [-0.4, -0.2) is 39.4 Å². The third-order valence-electron chi connectivity index (χ3n) is 3.18. The summed E-state index contributed by atoms with van der Waals surface area (Å²) in [7, 11) is 0. The highest BCUT2D eigenvalue weighted by Crippen LogP contribution is 2.10. The maximum absolute atomic E-state index is 9.37. The van der Waals surface area contributed by atoms with Crippen LogP contribution in [0.4, 0.5) is 0 Å². The van der Waals surface area contributed by atoms with Crippen molar-refractivity contribution in [2.75, 3.05) is 19.6 Å². The molecule has 0 unspecified atom stereocenters. The Labute approximate surface area is 96.9 Å². The van der Waals surface area contributed by atoms with Gasteiger partial charge in [0, 0.05) is 12.7 Å². The van der Waals surface area contributed by atoms with Gasteiger partial charge in [0.05, 0.1) is 18.3 Å². The topological polar surface area (TPSA) is 41.3 Å². The van der Waals surface area contributed by atoms with Crippen LogP contribution in [0.2, 0.25) is 0 Å². The Balaban J connectivity index is 1.79. The van der Waals surface area contributed by atoms with Gasteiger partial charge < -0.3 is 10.0 Å². The third kappa shape index (κ3) is 3.06. The van der Waals surface area contributed by atoms with E-state index in [1.165, 1.54) is 32.4 Å². The van der Waals surface area contributed by atoms with Crippen LogP contribution in [0.15, 0.2) is 12.3 Å². The molecule has 1 aliphatic rings. The normalized spacial score (nSPS) is 19.9. The van der Waals surface area contributed by atoms with E-state index < -0.39 is 6.10 Å². The van der Waals surface area contributed by atoms with Crippen LogP contribution in [0.1, 0.15) is 38.0 Å². The average molecular weight is 223 g/mol. The number of piperidine rings is 1. The van der Waals surface area contributed by atoms with Gasteiger partial charge in [-0.25, -0.2) is 0 Å². The zero-order valence-corrected chi connectivity index (χ0v) is 9.97. The quantitative estimate of drug-likeness (QED) is 0.839. The summed E-state index contributed by atoms with van der Waals surface area (Å²) in [5.41, 5.74) is 0.763. The Kier molecular flexibility index (Phi) is 3.96. The summed E-state index contributed by atoms with van der Waals surface area (Å²) < 4.78 is 1.93. The lowest BCUT2D eigenvalue weighted by Crippen LogP contribution is -2.32. The largest absolute Gasteiger partial charge is 0.387 e. The molecule has 0 radical (unpaired) electrons. The van der Waals surface area contributed by atoms with Gasteiger partial charge in [-0.15, -0.1) is 0 Å². The van der Waals surface area contributed by atoms with E-state index in [-0.39, 0.29) is 0 Å². The number of hydrogen-bond donors (Lipinski definition) is 1. The fourth-order valence-electron chi connectivity index (χ4n) is 2.15. The van der Waals surface area contributed by atoms with Crippen molar-refractivity contribution in [2.24, 2.45) is 0 Å². The zero-order valence-electron chi connectivity index (χ0n) is 9.97. The summed E-state index contributed by atoms with van der Waals surface area (Å²) in [6.07, 6.45) is 5.53. The summed E-state index contributed by atoms with van der Waals surface area (Å²) >= 11 is 0. The standard InChI is InChI=1S/C12H21N3O/c1-11(16)12-5-8-15(13-12)10-9-14-6-3-2-4-7-14/h5,8,11,16H,2-4,6-7,9-10H2,1H3/t11-/m0/s1. The lowest BCUT2D eigenvalue weighted by Gasteiger charge is -2.26. The van der Waals surface area contributed by atoms with Gasteiger partial charge in [-0.05, 0) is 38.9 Å². The first kappa shape index (κ1) is 11.6. The molecular weight excluding hydrogens is 202 g/mol. The molecule has 2 rings (SSSR count). The molecule has 0 spiro atoms. The molecule has 1 fully saturated rings. The van der Waals surface area contributed by atoms with Crippen molar-refractivity contribution in [2.45, 2.75) is 38.8 Å². The number of nitrogens with zero attached hydrogens (tertiary/aromatic N) is 3. The van der Waals surface area contributed by atoms with Crippen molar-refractivity contribution in [1.82, 2.24) is 14.7 Å². The Morgan fingerprint density at radius 2 is 2.06 bits per heavy atom. The first-order valence-electron chi connectivity index (χ1n) is 6.19. The molecule has 1 aromatic heterocycles. The van der Waals surface area contributed by atoms with Crippen LogP contribution in [0.5, 0.6) is 0 Å². The molecule has 1 atom stereocenters. The van der Waals surface area contributed by atoms with Crippen LogP contribution >= 0.6 is 0 Å². The predicted octanol–water partition coefficient (Wildman–Crippen LogP) is 1.42. The molecule has 0 aliphatic carbocycles. The molecule has 2 heterocycles. The first-order chi connectivity index (χ1) is 7.75. The van der Waals surface area contributed by atoms with Crippen molar-refractivity contribution in [1.29, 1.82) is 0 Å². The van der Waals surface area contributed by atoms with Crippen LogP contribution in [0.3, 0.4) is 0 Å². The molecule has 0 saturated carbocycles. The van der Waals surface area contributed by atoms with E-state index in [0.29, 0.717) is 0 Å². The second kappa shape index (κ2) is 5.46. The summed E-state index contributed by atoms with van der Waals surface area (Å²) in [5.74, 6) is 0. The van der Waals surface area contributed by atoms with E-state index in [0.717, 1.165) is 18.8 Å². The minimum atomic E-state index is -0.462. The fourth-order valence-corrected chi connectivity index (χ4v) is 2.15. The molecular formula is C12H21N3O. The van der Waals surface area contributed by atoms with Crippen molar-refractivity contribution in [3.63, 3.8) is 0 Å². The summed E-state index contributed by atoms with van der Waals surface area (Å²) in [6.45, 7) is 6.19. The smallest absolute Gasteiger partial charge is 0.0950 e. The van der Waals surface area contributed by atoms with E-state index in [2.05, 4.69) is 10.00 Å². The third-order valence-corrected chi connectivity index (χ3v) is 3.18. The molecule has 1 aliphatic heterocycles. The van der Waals surface area contributed by atoms with Gasteiger partial charge in [-0.3, -0.25) is 4.68 Å². The Bertz CT molecular complexity index is 316. The highest BCUT2D eigenvalue weighted by molar-refractivity contribution is 5.01. The molecule has 1 N–H and O–H groups in total. The molecule has 0 aromatic carbocycles. The lowest BCUT2D eigenvalue weighted by atomic mass is 10.1. The van der Waals surface area contributed by atoms with E-state index in [1.807, 2.05) is 16.9 Å².